The Bertz CT molecular complexity index is 377. The molecule has 0 saturated heterocycles. The van der Waals surface area contributed by atoms with E-state index in [0.717, 1.165) is 13.0 Å². The Hall–Kier alpha value is -1.55. The highest BCUT2D eigenvalue weighted by molar-refractivity contribution is 5.99. The van der Waals surface area contributed by atoms with Crippen LogP contribution in [-0.2, 0) is 0 Å². The first-order valence-corrected chi connectivity index (χ1v) is 5.81. The molecule has 0 spiro atoms. The number of para-hydroxylation sites is 1. The molecule has 0 heterocycles. The van der Waals surface area contributed by atoms with Gasteiger partial charge in [-0.1, -0.05) is 12.1 Å². The lowest BCUT2D eigenvalue weighted by molar-refractivity contribution is 0.0937. The van der Waals surface area contributed by atoms with Crippen molar-refractivity contribution in [2.45, 2.75) is 19.4 Å². The summed E-state index contributed by atoms with van der Waals surface area (Å²) in [6.07, 6.45) is 0.922. The Labute approximate surface area is 103 Å². The van der Waals surface area contributed by atoms with E-state index in [1.807, 2.05) is 33.2 Å². The number of anilines is 1. The Morgan fingerprint density at radius 2 is 2.06 bits per heavy atom. The van der Waals surface area contributed by atoms with Gasteiger partial charge in [0.25, 0.3) is 5.91 Å². The molecule has 17 heavy (non-hydrogen) atoms. The summed E-state index contributed by atoms with van der Waals surface area (Å²) in [6.45, 7) is 2.95. The molecule has 0 bridgehead atoms. The second kappa shape index (κ2) is 6.25. The van der Waals surface area contributed by atoms with E-state index in [0.29, 0.717) is 11.3 Å². The largest absolute Gasteiger partial charge is 0.398 e. The lowest BCUT2D eigenvalue weighted by Crippen LogP contribution is -2.35. The topological polar surface area (TPSA) is 58.4 Å². The van der Waals surface area contributed by atoms with Crippen molar-refractivity contribution in [1.82, 2.24) is 10.2 Å². The summed E-state index contributed by atoms with van der Waals surface area (Å²) in [5.74, 6) is -0.102. The maximum absolute atomic E-state index is 11.9. The van der Waals surface area contributed by atoms with Crippen LogP contribution >= 0.6 is 0 Å². The van der Waals surface area contributed by atoms with E-state index < -0.39 is 0 Å². The maximum atomic E-state index is 11.9. The van der Waals surface area contributed by atoms with Crippen molar-refractivity contribution in [2.24, 2.45) is 0 Å². The standard InChI is InChI=1S/C13H21N3O/c1-10(8-9-16(2)3)15-13(17)11-6-4-5-7-12(11)14/h4-7,10H,8-9,14H2,1-3H3,(H,15,17). The van der Waals surface area contributed by atoms with Crippen LogP contribution in [-0.4, -0.2) is 37.5 Å². The Kier molecular flexibility index (Phi) is 4.97. The van der Waals surface area contributed by atoms with Gasteiger partial charge in [0.15, 0.2) is 0 Å². The molecular weight excluding hydrogens is 214 g/mol. The van der Waals surface area contributed by atoms with Crippen molar-refractivity contribution >= 4 is 11.6 Å². The number of nitrogens with zero attached hydrogens (tertiary/aromatic N) is 1. The van der Waals surface area contributed by atoms with Gasteiger partial charge in [-0.25, -0.2) is 0 Å². The minimum absolute atomic E-state index is 0.102. The van der Waals surface area contributed by atoms with Crippen molar-refractivity contribution in [3.63, 3.8) is 0 Å². The molecule has 0 radical (unpaired) electrons. The third-order valence-electron chi connectivity index (χ3n) is 2.59. The van der Waals surface area contributed by atoms with Crippen LogP contribution in [0.4, 0.5) is 5.69 Å². The van der Waals surface area contributed by atoms with Gasteiger partial charge >= 0.3 is 0 Å². The zero-order valence-electron chi connectivity index (χ0n) is 10.7. The third-order valence-corrected chi connectivity index (χ3v) is 2.59. The predicted octanol–water partition coefficient (Wildman–Crippen LogP) is 1.34. The van der Waals surface area contributed by atoms with Gasteiger partial charge in [0.1, 0.15) is 0 Å². The molecule has 0 aliphatic rings. The molecular formula is C13H21N3O. The third kappa shape index (κ3) is 4.44. The molecule has 0 aliphatic heterocycles. The second-order valence-electron chi connectivity index (χ2n) is 4.55. The minimum atomic E-state index is -0.102. The number of amides is 1. The van der Waals surface area contributed by atoms with Crippen LogP contribution in [0.2, 0.25) is 0 Å². The Morgan fingerprint density at radius 3 is 2.65 bits per heavy atom. The van der Waals surface area contributed by atoms with E-state index >= 15 is 0 Å². The van der Waals surface area contributed by atoms with Crippen LogP contribution < -0.4 is 11.1 Å². The van der Waals surface area contributed by atoms with Crippen molar-refractivity contribution < 1.29 is 4.79 Å². The monoisotopic (exact) mass is 235 g/mol. The summed E-state index contributed by atoms with van der Waals surface area (Å²) < 4.78 is 0. The number of carbonyl (C=O) groups is 1. The van der Waals surface area contributed by atoms with Crippen molar-refractivity contribution in [1.29, 1.82) is 0 Å². The van der Waals surface area contributed by atoms with Gasteiger partial charge in [-0.05, 0) is 46.1 Å². The van der Waals surface area contributed by atoms with Gasteiger partial charge in [-0.15, -0.1) is 0 Å². The summed E-state index contributed by atoms with van der Waals surface area (Å²) >= 11 is 0. The van der Waals surface area contributed by atoms with Crippen LogP contribution in [0.3, 0.4) is 0 Å². The van der Waals surface area contributed by atoms with Crippen LogP contribution in [0.5, 0.6) is 0 Å². The summed E-state index contributed by atoms with van der Waals surface area (Å²) in [7, 11) is 4.04. The first-order chi connectivity index (χ1) is 8.00. The number of hydrogen-bond donors (Lipinski definition) is 2. The van der Waals surface area contributed by atoms with E-state index in [4.69, 9.17) is 5.73 Å². The smallest absolute Gasteiger partial charge is 0.253 e. The molecule has 1 amide bonds. The molecule has 1 unspecified atom stereocenters. The first-order valence-electron chi connectivity index (χ1n) is 5.81. The molecule has 4 heteroatoms. The van der Waals surface area contributed by atoms with Gasteiger partial charge in [0, 0.05) is 11.7 Å². The minimum Gasteiger partial charge on any atom is -0.398 e. The number of benzene rings is 1. The highest BCUT2D eigenvalue weighted by Gasteiger charge is 2.11. The SMILES string of the molecule is CC(CCN(C)C)NC(=O)c1ccccc1N. The average molecular weight is 235 g/mol. The molecule has 0 aliphatic carbocycles. The van der Waals surface area contributed by atoms with Gasteiger partial charge in [0.2, 0.25) is 0 Å². The molecule has 0 fully saturated rings. The summed E-state index contributed by atoms with van der Waals surface area (Å²) in [5.41, 5.74) is 6.81. The lowest BCUT2D eigenvalue weighted by Gasteiger charge is -2.17. The summed E-state index contributed by atoms with van der Waals surface area (Å²) in [4.78, 5) is 14.0. The fourth-order valence-electron chi connectivity index (χ4n) is 1.53. The van der Waals surface area contributed by atoms with Gasteiger partial charge in [0.05, 0.1) is 5.56 Å². The Balaban J connectivity index is 2.52. The number of hydrogen-bond acceptors (Lipinski definition) is 3. The first kappa shape index (κ1) is 13.5. The van der Waals surface area contributed by atoms with Crippen LogP contribution in [0.1, 0.15) is 23.7 Å². The van der Waals surface area contributed by atoms with E-state index in [1.165, 1.54) is 0 Å². The molecule has 0 aromatic heterocycles. The van der Waals surface area contributed by atoms with Gasteiger partial charge < -0.3 is 16.0 Å². The lowest BCUT2D eigenvalue weighted by atomic mass is 10.1. The van der Waals surface area contributed by atoms with Crippen molar-refractivity contribution in [3.05, 3.63) is 29.8 Å². The molecule has 1 rings (SSSR count). The fraction of sp³-hybridized carbons (Fsp3) is 0.462. The molecule has 1 atom stereocenters. The Morgan fingerprint density at radius 1 is 1.41 bits per heavy atom. The average Bonchev–Trinajstić information content (AvgIpc) is 2.26. The van der Waals surface area contributed by atoms with Gasteiger partial charge in [-0.3, -0.25) is 4.79 Å². The normalized spacial score (nSPS) is 12.5. The van der Waals surface area contributed by atoms with Crippen molar-refractivity contribution in [2.75, 3.05) is 26.4 Å². The van der Waals surface area contributed by atoms with E-state index in [-0.39, 0.29) is 11.9 Å². The number of nitrogen functional groups attached to an aromatic ring is 1. The number of nitrogens with one attached hydrogen (secondary N) is 1. The van der Waals surface area contributed by atoms with E-state index in [2.05, 4.69) is 10.2 Å². The van der Waals surface area contributed by atoms with Gasteiger partial charge in [-0.2, -0.15) is 0 Å². The van der Waals surface area contributed by atoms with E-state index in [9.17, 15) is 4.79 Å². The zero-order valence-corrected chi connectivity index (χ0v) is 10.7. The predicted molar refractivity (Wildman–Crippen MR) is 71.0 cm³/mol. The number of nitrogens with two attached hydrogens (primary N) is 1. The molecule has 94 valence electrons. The number of carbonyl (C=O) groups excluding carboxylic acids is 1. The van der Waals surface area contributed by atoms with Crippen LogP contribution in [0.15, 0.2) is 24.3 Å². The molecule has 1 aromatic carbocycles. The second-order valence-corrected chi connectivity index (χ2v) is 4.55. The summed E-state index contributed by atoms with van der Waals surface area (Å²) in [6, 6.07) is 7.25. The molecule has 0 saturated carbocycles. The number of rotatable bonds is 5. The van der Waals surface area contributed by atoms with Crippen molar-refractivity contribution in [3.8, 4) is 0 Å². The quantitative estimate of drug-likeness (QED) is 0.757. The molecule has 3 N–H and O–H groups in total. The summed E-state index contributed by atoms with van der Waals surface area (Å²) in [5, 5.41) is 2.95. The van der Waals surface area contributed by atoms with Crippen LogP contribution in [0.25, 0.3) is 0 Å². The molecule has 4 nitrogen and oxygen atoms in total. The highest BCUT2D eigenvalue weighted by atomic mass is 16.1. The highest BCUT2D eigenvalue weighted by Crippen LogP contribution is 2.10. The fourth-order valence-corrected chi connectivity index (χ4v) is 1.53. The zero-order chi connectivity index (χ0) is 12.8. The maximum Gasteiger partial charge on any atom is 0.253 e. The molecule has 1 aromatic rings. The van der Waals surface area contributed by atoms with Crippen LogP contribution in [0, 0.1) is 0 Å². The van der Waals surface area contributed by atoms with E-state index in [1.54, 1.807) is 12.1 Å².